The van der Waals surface area contributed by atoms with E-state index in [1.54, 1.807) is 18.5 Å². The Hall–Kier alpha value is -2.55. The molecular weight excluding hydrogens is 486 g/mol. The van der Waals surface area contributed by atoms with Crippen molar-refractivity contribution in [3.8, 4) is 0 Å². The molecule has 0 amide bonds. The summed E-state index contributed by atoms with van der Waals surface area (Å²) in [6.07, 6.45) is 6.66. The molecule has 0 aliphatic heterocycles. The van der Waals surface area contributed by atoms with Crippen LogP contribution in [0.3, 0.4) is 0 Å². The first-order valence-corrected chi connectivity index (χ1v) is 11.9. The van der Waals surface area contributed by atoms with E-state index >= 15 is 0 Å². The lowest BCUT2D eigenvalue weighted by Gasteiger charge is -2.12. The van der Waals surface area contributed by atoms with Crippen LogP contribution in [0.5, 0.6) is 0 Å². The van der Waals surface area contributed by atoms with Crippen LogP contribution < -0.4 is 11.1 Å². The summed E-state index contributed by atoms with van der Waals surface area (Å²) < 4.78 is 12.7. The highest BCUT2D eigenvalue weighted by atomic mass is 35.5. The summed E-state index contributed by atoms with van der Waals surface area (Å²) >= 11 is 11.9. The Labute approximate surface area is 216 Å². The maximum atomic E-state index is 12.7. The molecule has 0 spiro atoms. The van der Waals surface area contributed by atoms with Crippen LogP contribution in [0.25, 0.3) is 21.5 Å². The highest BCUT2D eigenvalue weighted by Crippen LogP contribution is 2.25. The van der Waals surface area contributed by atoms with Gasteiger partial charge in [0.25, 0.3) is 0 Å². The fraction of sp³-hybridized carbons (Fsp3) is 0.308. The normalized spacial score (nSPS) is 10.7. The third-order valence-corrected chi connectivity index (χ3v) is 5.45. The molecule has 4 rings (SSSR count). The molecule has 35 heavy (non-hydrogen) atoms. The molecule has 2 heterocycles. The molecular formula is C26H33Cl2FN6. The molecule has 2 aromatic heterocycles. The average molecular weight is 519 g/mol. The predicted molar refractivity (Wildman–Crippen MR) is 148 cm³/mol. The van der Waals surface area contributed by atoms with Gasteiger partial charge in [0.1, 0.15) is 5.82 Å². The molecule has 3 N–H and O–H groups in total. The Balaban J connectivity index is 0.000000209. The van der Waals surface area contributed by atoms with E-state index < -0.39 is 0 Å². The van der Waals surface area contributed by atoms with Crippen molar-refractivity contribution in [3.05, 3.63) is 77.0 Å². The van der Waals surface area contributed by atoms with Crippen LogP contribution in [-0.4, -0.2) is 74.1 Å². The van der Waals surface area contributed by atoms with Gasteiger partial charge in [0, 0.05) is 78.2 Å². The van der Waals surface area contributed by atoms with Crippen molar-refractivity contribution < 1.29 is 4.39 Å². The van der Waals surface area contributed by atoms with Crippen molar-refractivity contribution in [1.82, 2.24) is 19.8 Å². The monoisotopic (exact) mass is 518 g/mol. The second-order valence-corrected chi connectivity index (χ2v) is 9.18. The molecule has 9 heteroatoms. The first kappa shape index (κ1) is 28.7. The zero-order valence-electron chi connectivity index (χ0n) is 20.6. The Bertz CT molecular complexity index is 1200. The SMILES string of the molecule is CN(C)CCN.CN(C)CCNc1ccc2cncc(Cl)c2c1.Fc1ccc2cncc(Cl)c2c1. The van der Waals surface area contributed by atoms with Crippen molar-refractivity contribution in [3.63, 3.8) is 0 Å². The van der Waals surface area contributed by atoms with Gasteiger partial charge in [-0.3, -0.25) is 9.97 Å². The molecule has 0 fully saturated rings. The number of hydrogen-bond acceptors (Lipinski definition) is 6. The van der Waals surface area contributed by atoms with Gasteiger partial charge in [0.2, 0.25) is 0 Å². The van der Waals surface area contributed by atoms with Gasteiger partial charge in [-0.05, 0) is 58.5 Å². The molecule has 0 aliphatic rings. The predicted octanol–water partition coefficient (Wildman–Crippen LogP) is 5.40. The number of benzene rings is 2. The Morgan fingerprint density at radius 1 is 0.800 bits per heavy atom. The fourth-order valence-electron chi connectivity index (χ4n) is 3.02. The molecule has 6 nitrogen and oxygen atoms in total. The lowest BCUT2D eigenvalue weighted by Crippen LogP contribution is -2.20. The Morgan fingerprint density at radius 2 is 1.34 bits per heavy atom. The number of nitrogens with zero attached hydrogens (tertiary/aromatic N) is 4. The Morgan fingerprint density at radius 3 is 1.86 bits per heavy atom. The third kappa shape index (κ3) is 9.92. The van der Waals surface area contributed by atoms with E-state index in [1.807, 2.05) is 26.4 Å². The van der Waals surface area contributed by atoms with Crippen molar-refractivity contribution in [2.45, 2.75) is 0 Å². The molecule has 0 radical (unpaired) electrons. The van der Waals surface area contributed by atoms with E-state index in [1.165, 1.54) is 18.3 Å². The van der Waals surface area contributed by atoms with Gasteiger partial charge >= 0.3 is 0 Å². The van der Waals surface area contributed by atoms with E-state index in [9.17, 15) is 4.39 Å². The number of hydrogen-bond donors (Lipinski definition) is 2. The smallest absolute Gasteiger partial charge is 0.123 e. The van der Waals surface area contributed by atoms with Gasteiger partial charge in [0.15, 0.2) is 0 Å². The lowest BCUT2D eigenvalue weighted by atomic mass is 10.1. The van der Waals surface area contributed by atoms with Crippen LogP contribution in [-0.2, 0) is 0 Å². The van der Waals surface area contributed by atoms with E-state index in [4.69, 9.17) is 28.9 Å². The van der Waals surface area contributed by atoms with Gasteiger partial charge in [0.05, 0.1) is 10.0 Å². The first-order chi connectivity index (χ1) is 16.7. The quantitative estimate of drug-likeness (QED) is 0.356. The maximum Gasteiger partial charge on any atom is 0.123 e. The number of nitrogens with two attached hydrogens (primary N) is 1. The molecule has 0 bridgehead atoms. The summed E-state index contributed by atoms with van der Waals surface area (Å²) in [5.74, 6) is -0.282. The second-order valence-electron chi connectivity index (χ2n) is 8.37. The minimum atomic E-state index is -0.282. The van der Waals surface area contributed by atoms with Crippen LogP contribution in [0, 0.1) is 5.82 Å². The standard InChI is InChI=1S/C13H16ClN3.C9H5ClFN.C4H12N2/c1-17(2)6-5-16-11-4-3-10-8-15-9-13(14)12(10)7-11;10-9-5-12-4-6-1-2-7(11)3-8(6)9;1-6(2)4-3-5/h3-4,7-9,16H,5-6H2,1-2H3;1-5H;3-5H2,1-2H3. The molecule has 0 aliphatic carbocycles. The number of anilines is 1. The van der Waals surface area contributed by atoms with E-state index in [0.29, 0.717) is 15.4 Å². The van der Waals surface area contributed by atoms with E-state index in [0.717, 1.165) is 48.0 Å². The summed E-state index contributed by atoms with van der Waals surface area (Å²) in [5, 5.41) is 8.20. The molecule has 0 saturated heterocycles. The number of aromatic nitrogens is 2. The summed E-state index contributed by atoms with van der Waals surface area (Å²) in [7, 11) is 8.13. The van der Waals surface area contributed by atoms with Crippen molar-refractivity contribution in [2.24, 2.45) is 5.73 Å². The molecule has 188 valence electrons. The minimum Gasteiger partial charge on any atom is -0.384 e. The van der Waals surface area contributed by atoms with Crippen LogP contribution in [0.1, 0.15) is 0 Å². The van der Waals surface area contributed by atoms with Gasteiger partial charge < -0.3 is 20.9 Å². The topological polar surface area (TPSA) is 70.3 Å². The summed E-state index contributed by atoms with van der Waals surface area (Å²) in [4.78, 5) is 12.2. The van der Waals surface area contributed by atoms with Crippen molar-refractivity contribution in [1.29, 1.82) is 0 Å². The van der Waals surface area contributed by atoms with E-state index in [2.05, 4.69) is 51.3 Å². The van der Waals surface area contributed by atoms with Crippen LogP contribution in [0.2, 0.25) is 10.0 Å². The van der Waals surface area contributed by atoms with Crippen molar-refractivity contribution in [2.75, 3.05) is 59.7 Å². The summed E-state index contributed by atoms with van der Waals surface area (Å²) in [6, 6.07) is 10.6. The second kappa shape index (κ2) is 14.8. The maximum absolute atomic E-state index is 12.7. The number of pyridine rings is 2. The average Bonchev–Trinajstić information content (AvgIpc) is 2.81. The zero-order chi connectivity index (χ0) is 25.8. The van der Waals surface area contributed by atoms with Gasteiger partial charge in [-0.15, -0.1) is 0 Å². The van der Waals surface area contributed by atoms with Crippen LogP contribution >= 0.6 is 23.2 Å². The van der Waals surface area contributed by atoms with E-state index in [-0.39, 0.29) is 5.82 Å². The third-order valence-electron chi connectivity index (χ3n) is 4.85. The van der Waals surface area contributed by atoms with Gasteiger partial charge in [-0.1, -0.05) is 29.3 Å². The number of fused-ring (bicyclic) bond motifs is 2. The highest BCUT2D eigenvalue weighted by Gasteiger charge is 2.01. The van der Waals surface area contributed by atoms with Crippen LogP contribution in [0.15, 0.2) is 61.2 Å². The summed E-state index contributed by atoms with van der Waals surface area (Å²) in [5.41, 5.74) is 6.28. The molecule has 2 aromatic carbocycles. The molecule has 0 unspecified atom stereocenters. The van der Waals surface area contributed by atoms with Gasteiger partial charge in [-0.25, -0.2) is 4.39 Å². The highest BCUT2D eigenvalue weighted by molar-refractivity contribution is 6.35. The first-order valence-electron chi connectivity index (χ1n) is 11.2. The molecule has 0 saturated carbocycles. The summed E-state index contributed by atoms with van der Waals surface area (Å²) in [6.45, 7) is 3.66. The Kier molecular flexibility index (Phi) is 12.1. The number of rotatable bonds is 6. The largest absolute Gasteiger partial charge is 0.384 e. The number of halogens is 3. The fourth-order valence-corrected chi connectivity index (χ4v) is 3.46. The van der Waals surface area contributed by atoms with Crippen LogP contribution in [0.4, 0.5) is 10.1 Å². The number of likely N-dealkylation sites (N-methyl/N-ethyl adjacent to an activating group) is 2. The van der Waals surface area contributed by atoms with Crippen molar-refractivity contribution >= 4 is 50.4 Å². The molecule has 4 aromatic rings. The zero-order valence-corrected chi connectivity index (χ0v) is 22.1. The number of nitrogens with one attached hydrogen (secondary N) is 1. The minimum absolute atomic E-state index is 0.282. The molecule has 0 atom stereocenters. The van der Waals surface area contributed by atoms with Gasteiger partial charge in [-0.2, -0.15) is 0 Å². The lowest BCUT2D eigenvalue weighted by molar-refractivity contribution is 0.420.